The molecule has 0 bridgehead atoms. The van der Waals surface area contributed by atoms with E-state index in [1.165, 1.54) is 7.11 Å². The Labute approximate surface area is 109 Å². The lowest BCUT2D eigenvalue weighted by Crippen LogP contribution is -2.51. The van der Waals surface area contributed by atoms with E-state index in [9.17, 15) is 9.90 Å². The van der Waals surface area contributed by atoms with Crippen LogP contribution in [-0.4, -0.2) is 55.0 Å². The number of carbonyl (C=O) groups is 1. The van der Waals surface area contributed by atoms with E-state index in [1.807, 2.05) is 6.92 Å². The first-order valence-electron chi connectivity index (χ1n) is 6.83. The highest BCUT2D eigenvalue weighted by molar-refractivity contribution is 5.67. The second-order valence-electron chi connectivity index (χ2n) is 5.08. The van der Waals surface area contributed by atoms with Gasteiger partial charge in [-0.25, -0.2) is 4.79 Å². The van der Waals surface area contributed by atoms with Gasteiger partial charge in [-0.05, 0) is 31.7 Å². The maximum Gasteiger partial charge on any atom is 0.407 e. The van der Waals surface area contributed by atoms with Crippen LogP contribution < -0.4 is 5.32 Å². The molecule has 0 aliphatic carbocycles. The summed E-state index contributed by atoms with van der Waals surface area (Å²) < 4.78 is 4.64. The number of amides is 1. The van der Waals surface area contributed by atoms with Crippen molar-refractivity contribution < 1.29 is 14.6 Å². The number of methoxy groups -OCH3 is 1. The van der Waals surface area contributed by atoms with Crippen molar-refractivity contribution in [3.8, 4) is 0 Å². The molecule has 18 heavy (non-hydrogen) atoms. The predicted octanol–water partition coefficient (Wildman–Crippen LogP) is 1.21. The van der Waals surface area contributed by atoms with Gasteiger partial charge in [-0.15, -0.1) is 0 Å². The molecule has 0 radical (unpaired) electrons. The minimum atomic E-state index is -0.368. The second kappa shape index (κ2) is 7.59. The third-order valence-electron chi connectivity index (χ3n) is 3.64. The number of likely N-dealkylation sites (N-methyl/N-ethyl adjacent to an activating group) is 1. The molecule has 1 heterocycles. The quantitative estimate of drug-likeness (QED) is 0.778. The molecule has 0 aromatic heterocycles. The molecule has 5 nitrogen and oxygen atoms in total. The lowest BCUT2D eigenvalue weighted by molar-refractivity contribution is 0.0839. The van der Waals surface area contributed by atoms with Gasteiger partial charge in [0.2, 0.25) is 0 Å². The van der Waals surface area contributed by atoms with Crippen LogP contribution in [0.25, 0.3) is 0 Å². The largest absolute Gasteiger partial charge is 0.453 e. The summed E-state index contributed by atoms with van der Waals surface area (Å²) in [6, 6.07) is 0.125. The molecule has 5 heteroatoms. The topological polar surface area (TPSA) is 61.8 Å². The molecule has 0 spiro atoms. The first kappa shape index (κ1) is 15.2. The van der Waals surface area contributed by atoms with Gasteiger partial charge in [0.1, 0.15) is 0 Å². The average Bonchev–Trinajstić information content (AvgIpc) is 2.37. The number of nitrogens with one attached hydrogen (secondary N) is 1. The van der Waals surface area contributed by atoms with E-state index in [2.05, 4.69) is 21.9 Å². The van der Waals surface area contributed by atoms with Crippen molar-refractivity contribution in [3.63, 3.8) is 0 Å². The second-order valence-corrected chi connectivity index (χ2v) is 5.08. The molecule has 0 aromatic rings. The monoisotopic (exact) mass is 258 g/mol. The van der Waals surface area contributed by atoms with E-state index in [-0.39, 0.29) is 18.2 Å². The maximum absolute atomic E-state index is 11.3. The van der Waals surface area contributed by atoms with Crippen molar-refractivity contribution in [1.29, 1.82) is 0 Å². The maximum atomic E-state index is 11.3. The first-order chi connectivity index (χ1) is 8.58. The van der Waals surface area contributed by atoms with Crippen molar-refractivity contribution in [2.75, 3.05) is 26.7 Å². The highest BCUT2D eigenvalue weighted by Crippen LogP contribution is 2.22. The summed E-state index contributed by atoms with van der Waals surface area (Å²) in [6.45, 7) is 6.96. The minimum absolute atomic E-state index is 0.125. The van der Waals surface area contributed by atoms with Gasteiger partial charge < -0.3 is 20.1 Å². The standard InChI is InChI=1S/C13H26N2O3/c1-4-12(16)7-10-6-11(14-13(17)18-3)9-15(5-2)8-10/h10-12,16H,4-9H2,1-3H3,(H,14,17). The Balaban J connectivity index is 2.51. The Kier molecular flexibility index (Phi) is 6.43. The van der Waals surface area contributed by atoms with E-state index in [1.54, 1.807) is 0 Å². The fourth-order valence-corrected chi connectivity index (χ4v) is 2.61. The Morgan fingerprint density at radius 2 is 2.22 bits per heavy atom. The van der Waals surface area contributed by atoms with Crippen LogP contribution in [0.2, 0.25) is 0 Å². The van der Waals surface area contributed by atoms with Crippen LogP contribution in [-0.2, 0) is 4.74 Å². The predicted molar refractivity (Wildman–Crippen MR) is 70.5 cm³/mol. The Hall–Kier alpha value is -0.810. The summed E-state index contributed by atoms with van der Waals surface area (Å²) in [5, 5.41) is 12.6. The summed E-state index contributed by atoms with van der Waals surface area (Å²) in [5.41, 5.74) is 0. The van der Waals surface area contributed by atoms with Crippen LogP contribution in [0.5, 0.6) is 0 Å². The number of aliphatic hydroxyl groups excluding tert-OH is 1. The Morgan fingerprint density at radius 1 is 1.50 bits per heavy atom. The molecule has 1 aliphatic heterocycles. The van der Waals surface area contributed by atoms with Crippen LogP contribution in [0.4, 0.5) is 4.79 Å². The Bertz CT molecular complexity index is 259. The molecule has 1 amide bonds. The number of ether oxygens (including phenoxy) is 1. The number of aliphatic hydroxyl groups is 1. The third-order valence-corrected chi connectivity index (χ3v) is 3.64. The summed E-state index contributed by atoms with van der Waals surface area (Å²) in [4.78, 5) is 13.6. The van der Waals surface area contributed by atoms with Crippen molar-refractivity contribution in [1.82, 2.24) is 10.2 Å². The lowest BCUT2D eigenvalue weighted by Gasteiger charge is -2.38. The van der Waals surface area contributed by atoms with Gasteiger partial charge in [-0.2, -0.15) is 0 Å². The van der Waals surface area contributed by atoms with Crippen molar-refractivity contribution >= 4 is 6.09 Å². The summed E-state index contributed by atoms with van der Waals surface area (Å²) in [6.07, 6.45) is 1.92. The molecular formula is C13H26N2O3. The summed E-state index contributed by atoms with van der Waals surface area (Å²) in [5.74, 6) is 0.441. The fraction of sp³-hybridized carbons (Fsp3) is 0.923. The molecular weight excluding hydrogens is 232 g/mol. The number of likely N-dealkylation sites (tertiary alicyclic amines) is 1. The van der Waals surface area contributed by atoms with Gasteiger partial charge >= 0.3 is 6.09 Å². The zero-order valence-electron chi connectivity index (χ0n) is 11.7. The van der Waals surface area contributed by atoms with Crippen LogP contribution in [0, 0.1) is 5.92 Å². The number of hydrogen-bond donors (Lipinski definition) is 2. The highest BCUT2D eigenvalue weighted by Gasteiger charge is 2.28. The minimum Gasteiger partial charge on any atom is -0.453 e. The molecule has 2 N–H and O–H groups in total. The highest BCUT2D eigenvalue weighted by atomic mass is 16.5. The summed E-state index contributed by atoms with van der Waals surface area (Å²) >= 11 is 0. The normalized spacial score (nSPS) is 26.7. The average molecular weight is 258 g/mol. The molecule has 3 unspecified atom stereocenters. The van der Waals surface area contributed by atoms with Crippen LogP contribution in [0.3, 0.4) is 0 Å². The molecule has 0 saturated carbocycles. The smallest absolute Gasteiger partial charge is 0.407 e. The molecule has 3 atom stereocenters. The van der Waals surface area contributed by atoms with Crippen molar-refractivity contribution in [2.24, 2.45) is 5.92 Å². The van der Waals surface area contributed by atoms with Gasteiger partial charge in [0.25, 0.3) is 0 Å². The third kappa shape index (κ3) is 4.82. The molecule has 0 aromatic carbocycles. The van der Waals surface area contributed by atoms with Crippen molar-refractivity contribution in [3.05, 3.63) is 0 Å². The molecule has 1 rings (SSSR count). The van der Waals surface area contributed by atoms with Crippen molar-refractivity contribution in [2.45, 2.75) is 45.3 Å². The first-order valence-corrected chi connectivity index (χ1v) is 6.83. The number of nitrogens with zero attached hydrogens (tertiary/aromatic N) is 1. The lowest BCUT2D eigenvalue weighted by atomic mass is 9.89. The number of hydrogen-bond acceptors (Lipinski definition) is 4. The zero-order valence-corrected chi connectivity index (χ0v) is 11.7. The van der Waals surface area contributed by atoms with Gasteiger partial charge in [-0.3, -0.25) is 0 Å². The number of carbonyl (C=O) groups excluding carboxylic acids is 1. The van der Waals surface area contributed by atoms with E-state index in [0.717, 1.165) is 38.9 Å². The number of piperidine rings is 1. The number of alkyl carbamates (subject to hydrolysis) is 1. The van der Waals surface area contributed by atoms with Gasteiger partial charge in [0, 0.05) is 19.1 Å². The summed E-state index contributed by atoms with van der Waals surface area (Å²) in [7, 11) is 1.38. The zero-order chi connectivity index (χ0) is 13.5. The van der Waals surface area contributed by atoms with Crippen LogP contribution >= 0.6 is 0 Å². The SMILES string of the molecule is CCC(O)CC1CC(NC(=O)OC)CN(CC)C1. The fourth-order valence-electron chi connectivity index (χ4n) is 2.61. The Morgan fingerprint density at radius 3 is 2.78 bits per heavy atom. The van der Waals surface area contributed by atoms with Gasteiger partial charge in [0.15, 0.2) is 0 Å². The van der Waals surface area contributed by atoms with E-state index >= 15 is 0 Å². The molecule has 1 fully saturated rings. The molecule has 106 valence electrons. The van der Waals surface area contributed by atoms with Crippen LogP contribution in [0.15, 0.2) is 0 Å². The molecule has 1 saturated heterocycles. The number of rotatable bonds is 5. The molecule has 1 aliphatic rings. The van der Waals surface area contributed by atoms with E-state index < -0.39 is 0 Å². The van der Waals surface area contributed by atoms with E-state index in [0.29, 0.717) is 5.92 Å². The van der Waals surface area contributed by atoms with Crippen LogP contribution in [0.1, 0.15) is 33.1 Å². The van der Waals surface area contributed by atoms with E-state index in [4.69, 9.17) is 0 Å². The van der Waals surface area contributed by atoms with Gasteiger partial charge in [-0.1, -0.05) is 13.8 Å². The van der Waals surface area contributed by atoms with Gasteiger partial charge in [0.05, 0.1) is 13.2 Å².